The van der Waals surface area contributed by atoms with E-state index in [-0.39, 0.29) is 5.12 Å². The molecule has 0 aromatic heterocycles. The minimum absolute atomic E-state index is 0.179. The van der Waals surface area contributed by atoms with E-state index in [0.717, 1.165) is 36.5 Å². The molecule has 1 rings (SSSR count). The first-order valence-corrected chi connectivity index (χ1v) is 7.23. The maximum absolute atomic E-state index is 10.7. The summed E-state index contributed by atoms with van der Waals surface area (Å²) in [5.74, 6) is 1.76. The maximum atomic E-state index is 10.7. The van der Waals surface area contributed by atoms with Gasteiger partial charge in [0.2, 0.25) is 0 Å². The molecular weight excluding hydrogens is 244 g/mol. The Morgan fingerprint density at radius 1 is 1.44 bits per heavy atom. The highest BCUT2D eigenvalue weighted by Crippen LogP contribution is 2.15. The van der Waals surface area contributed by atoms with Gasteiger partial charge in [0.25, 0.3) is 0 Å². The average molecular weight is 264 g/mol. The molecule has 2 nitrogen and oxygen atoms in total. The Bertz CT molecular complexity index is 399. The number of hydrogen-bond acceptors (Lipinski definition) is 3. The highest BCUT2D eigenvalue weighted by Gasteiger charge is 1.94. The highest BCUT2D eigenvalue weighted by molar-refractivity contribution is 8.13. The molecule has 0 spiro atoms. The topological polar surface area (TPSA) is 26.3 Å². The number of thioether (sulfide) groups is 1. The van der Waals surface area contributed by atoms with Gasteiger partial charge in [-0.2, -0.15) is 0 Å². The van der Waals surface area contributed by atoms with E-state index < -0.39 is 0 Å². The summed E-state index contributed by atoms with van der Waals surface area (Å²) in [4.78, 5) is 10.7. The Morgan fingerprint density at radius 2 is 2.28 bits per heavy atom. The molecule has 0 unspecified atom stereocenters. The molecule has 0 aliphatic rings. The largest absolute Gasteiger partial charge is 0.494 e. The lowest BCUT2D eigenvalue weighted by molar-refractivity contribution is -0.109. The summed E-state index contributed by atoms with van der Waals surface area (Å²) in [6.07, 6.45) is 6.08. The molecule has 0 atom stereocenters. The Balaban J connectivity index is 2.41. The lowest BCUT2D eigenvalue weighted by Crippen LogP contribution is -1.94. The molecule has 0 N–H and O–H groups in total. The van der Waals surface area contributed by atoms with Crippen LogP contribution in [0.1, 0.15) is 32.3 Å². The quantitative estimate of drug-likeness (QED) is 0.692. The summed E-state index contributed by atoms with van der Waals surface area (Å²) in [6, 6.07) is 8.05. The van der Waals surface area contributed by atoms with Gasteiger partial charge in [-0.3, -0.25) is 4.79 Å². The van der Waals surface area contributed by atoms with Crippen LogP contribution >= 0.6 is 11.8 Å². The van der Waals surface area contributed by atoms with Gasteiger partial charge in [-0.05, 0) is 30.5 Å². The van der Waals surface area contributed by atoms with Crippen molar-refractivity contribution < 1.29 is 9.53 Å². The van der Waals surface area contributed by atoms with Crippen LogP contribution in [0.3, 0.4) is 0 Å². The summed E-state index contributed by atoms with van der Waals surface area (Å²) in [6.45, 7) is 4.45. The SMILES string of the molecule is CCCOc1cccc(C=CCCSC(C)=O)c1. The predicted molar refractivity (Wildman–Crippen MR) is 79.0 cm³/mol. The van der Waals surface area contributed by atoms with Gasteiger partial charge in [0.15, 0.2) is 5.12 Å². The van der Waals surface area contributed by atoms with Crippen molar-refractivity contribution in [3.8, 4) is 5.75 Å². The van der Waals surface area contributed by atoms with Crippen molar-refractivity contribution in [2.24, 2.45) is 0 Å². The van der Waals surface area contributed by atoms with Crippen LogP contribution in [0.15, 0.2) is 30.3 Å². The lowest BCUT2D eigenvalue weighted by atomic mass is 10.2. The summed E-state index contributed by atoms with van der Waals surface area (Å²) in [5.41, 5.74) is 1.14. The number of rotatable bonds is 7. The number of benzene rings is 1. The van der Waals surface area contributed by atoms with E-state index >= 15 is 0 Å². The van der Waals surface area contributed by atoms with E-state index in [2.05, 4.69) is 19.1 Å². The molecule has 1 aromatic carbocycles. The number of carbonyl (C=O) groups is 1. The van der Waals surface area contributed by atoms with Crippen LogP contribution in [-0.2, 0) is 4.79 Å². The molecule has 0 aliphatic heterocycles. The van der Waals surface area contributed by atoms with Crippen LogP contribution in [0.5, 0.6) is 5.75 Å². The smallest absolute Gasteiger partial charge is 0.185 e. The molecule has 0 radical (unpaired) electrons. The van der Waals surface area contributed by atoms with Crippen molar-refractivity contribution in [1.29, 1.82) is 0 Å². The fourth-order valence-electron chi connectivity index (χ4n) is 1.42. The van der Waals surface area contributed by atoms with E-state index in [0.29, 0.717) is 0 Å². The van der Waals surface area contributed by atoms with E-state index in [9.17, 15) is 4.79 Å². The monoisotopic (exact) mass is 264 g/mol. The standard InChI is InChI=1S/C15H20O2S/c1-3-10-17-15-9-6-8-14(12-15)7-4-5-11-18-13(2)16/h4,6-9,12H,3,5,10-11H2,1-2H3. The second-order valence-corrected chi connectivity index (χ2v) is 5.22. The van der Waals surface area contributed by atoms with Gasteiger partial charge in [0, 0.05) is 12.7 Å². The van der Waals surface area contributed by atoms with E-state index in [1.807, 2.05) is 24.3 Å². The Labute approximate surface area is 113 Å². The third-order valence-electron chi connectivity index (χ3n) is 2.23. The van der Waals surface area contributed by atoms with Crippen molar-refractivity contribution in [2.45, 2.75) is 26.7 Å². The van der Waals surface area contributed by atoms with Crippen molar-refractivity contribution >= 4 is 23.0 Å². The van der Waals surface area contributed by atoms with Gasteiger partial charge in [-0.25, -0.2) is 0 Å². The van der Waals surface area contributed by atoms with E-state index in [1.54, 1.807) is 6.92 Å². The van der Waals surface area contributed by atoms with Crippen LogP contribution in [0.4, 0.5) is 0 Å². The number of hydrogen-bond donors (Lipinski definition) is 0. The molecule has 0 heterocycles. The molecule has 98 valence electrons. The molecule has 0 aliphatic carbocycles. The van der Waals surface area contributed by atoms with Gasteiger partial charge in [-0.15, -0.1) is 0 Å². The summed E-state index contributed by atoms with van der Waals surface area (Å²) in [7, 11) is 0. The number of ether oxygens (including phenoxy) is 1. The summed E-state index contributed by atoms with van der Waals surface area (Å²) >= 11 is 1.37. The van der Waals surface area contributed by atoms with Crippen LogP contribution in [-0.4, -0.2) is 17.5 Å². The fraction of sp³-hybridized carbons (Fsp3) is 0.400. The molecule has 0 amide bonds. The lowest BCUT2D eigenvalue weighted by Gasteiger charge is -2.04. The van der Waals surface area contributed by atoms with Crippen LogP contribution < -0.4 is 4.74 Å². The summed E-state index contributed by atoms with van der Waals surface area (Å²) in [5, 5.41) is 0.179. The third-order valence-corrected chi connectivity index (χ3v) is 3.08. The summed E-state index contributed by atoms with van der Waals surface area (Å²) < 4.78 is 5.57. The van der Waals surface area contributed by atoms with Crippen molar-refractivity contribution in [3.63, 3.8) is 0 Å². The fourth-order valence-corrected chi connectivity index (χ4v) is 1.96. The van der Waals surface area contributed by atoms with Crippen LogP contribution in [0.2, 0.25) is 0 Å². The first-order chi connectivity index (χ1) is 8.72. The van der Waals surface area contributed by atoms with Gasteiger partial charge in [-0.1, -0.05) is 43.0 Å². The van der Waals surface area contributed by atoms with E-state index in [4.69, 9.17) is 4.74 Å². The Hall–Kier alpha value is -1.22. The molecule has 0 saturated carbocycles. The average Bonchev–Trinajstić information content (AvgIpc) is 2.36. The maximum Gasteiger partial charge on any atom is 0.185 e. The molecule has 1 aromatic rings. The number of carbonyl (C=O) groups excluding carboxylic acids is 1. The Morgan fingerprint density at radius 3 is 3.00 bits per heavy atom. The second-order valence-electron chi connectivity index (χ2n) is 3.95. The number of allylic oxidation sites excluding steroid dienone is 1. The van der Waals surface area contributed by atoms with Gasteiger partial charge >= 0.3 is 0 Å². The predicted octanol–water partition coefficient (Wildman–Crippen LogP) is 4.16. The molecule has 0 saturated heterocycles. The van der Waals surface area contributed by atoms with Gasteiger partial charge in [0.1, 0.15) is 5.75 Å². The second kappa shape index (κ2) is 8.81. The zero-order valence-corrected chi connectivity index (χ0v) is 11.8. The zero-order valence-electron chi connectivity index (χ0n) is 11.0. The Kier molecular flexibility index (Phi) is 7.26. The minimum atomic E-state index is 0.179. The zero-order chi connectivity index (χ0) is 13.2. The molecule has 3 heteroatoms. The van der Waals surface area contributed by atoms with E-state index in [1.165, 1.54) is 11.8 Å². The molecule has 0 bridgehead atoms. The first kappa shape index (κ1) is 14.8. The third kappa shape index (κ3) is 6.50. The highest BCUT2D eigenvalue weighted by atomic mass is 32.2. The molecule has 18 heavy (non-hydrogen) atoms. The van der Waals surface area contributed by atoms with Crippen molar-refractivity contribution in [1.82, 2.24) is 0 Å². The molecule has 0 fully saturated rings. The first-order valence-electron chi connectivity index (χ1n) is 6.25. The van der Waals surface area contributed by atoms with Crippen LogP contribution in [0, 0.1) is 0 Å². The van der Waals surface area contributed by atoms with Crippen LogP contribution in [0.25, 0.3) is 6.08 Å². The normalized spacial score (nSPS) is 10.8. The van der Waals surface area contributed by atoms with Crippen molar-refractivity contribution in [3.05, 3.63) is 35.9 Å². The van der Waals surface area contributed by atoms with Gasteiger partial charge in [0.05, 0.1) is 6.61 Å². The van der Waals surface area contributed by atoms with Crippen molar-refractivity contribution in [2.75, 3.05) is 12.4 Å². The molecular formula is C15H20O2S. The van der Waals surface area contributed by atoms with Gasteiger partial charge < -0.3 is 4.74 Å². The minimum Gasteiger partial charge on any atom is -0.494 e.